The highest BCUT2D eigenvalue weighted by Crippen LogP contribution is 2.43. The van der Waals surface area contributed by atoms with Crippen LogP contribution in [0.2, 0.25) is 0 Å². The van der Waals surface area contributed by atoms with Gasteiger partial charge in [-0.25, -0.2) is 0 Å². The first-order valence-electron chi connectivity index (χ1n) is 6.39. The Bertz CT molecular complexity index is 421. The van der Waals surface area contributed by atoms with Crippen molar-refractivity contribution < 1.29 is 19.3 Å². The van der Waals surface area contributed by atoms with E-state index in [1.54, 1.807) is 0 Å². The minimum absolute atomic E-state index is 0.194. The maximum atomic E-state index is 10.1. The van der Waals surface area contributed by atoms with Gasteiger partial charge in [0.05, 0.1) is 6.10 Å². The van der Waals surface area contributed by atoms with Gasteiger partial charge < -0.3 is 19.3 Å². The largest absolute Gasteiger partial charge is 0.387 e. The Morgan fingerprint density at radius 2 is 1.94 bits per heavy atom. The molecule has 2 saturated heterocycles. The molecule has 1 N–H and O–H groups in total. The molecular formula is C14H18O4. The Balaban J connectivity index is 1.81. The summed E-state index contributed by atoms with van der Waals surface area (Å²) in [5.74, 6) is -0.837. The molecule has 1 unspecified atom stereocenters. The average Bonchev–Trinajstić information content (AvgIpc) is 2.87. The van der Waals surface area contributed by atoms with E-state index in [-0.39, 0.29) is 6.10 Å². The maximum absolute atomic E-state index is 10.1. The number of fused-ring (bicyclic) bond motifs is 1. The minimum Gasteiger partial charge on any atom is -0.387 e. The minimum atomic E-state index is -0.837. The molecule has 0 amide bonds. The summed E-state index contributed by atoms with van der Waals surface area (Å²) in [5.41, 5.74) is 0.934. The summed E-state index contributed by atoms with van der Waals surface area (Å²) in [6, 6.07) is 9.72. The monoisotopic (exact) mass is 250 g/mol. The molecule has 98 valence electrons. The summed E-state index contributed by atoms with van der Waals surface area (Å²) in [6.07, 6.45) is -0.940. The lowest BCUT2D eigenvalue weighted by atomic mass is 10.1. The van der Waals surface area contributed by atoms with E-state index in [4.69, 9.17) is 14.2 Å². The smallest absolute Gasteiger partial charge is 0.195 e. The second kappa shape index (κ2) is 4.31. The van der Waals surface area contributed by atoms with Crippen molar-refractivity contribution in [3.8, 4) is 0 Å². The third-order valence-electron chi connectivity index (χ3n) is 3.70. The van der Waals surface area contributed by atoms with E-state index in [0.29, 0.717) is 0 Å². The molecule has 18 heavy (non-hydrogen) atoms. The zero-order valence-electron chi connectivity index (χ0n) is 10.6. The lowest BCUT2D eigenvalue weighted by Gasteiger charge is -2.26. The summed E-state index contributed by atoms with van der Waals surface area (Å²) in [4.78, 5) is 0. The van der Waals surface area contributed by atoms with Gasteiger partial charge in [-0.15, -0.1) is 0 Å². The fraction of sp³-hybridized carbons (Fsp3) is 0.571. The molecule has 4 nitrogen and oxygen atoms in total. The first kappa shape index (κ1) is 12.1. The van der Waals surface area contributed by atoms with E-state index in [9.17, 15) is 5.11 Å². The van der Waals surface area contributed by atoms with E-state index in [1.165, 1.54) is 0 Å². The van der Waals surface area contributed by atoms with Crippen LogP contribution >= 0.6 is 0 Å². The Labute approximate surface area is 106 Å². The van der Waals surface area contributed by atoms with Crippen LogP contribution in [0.5, 0.6) is 0 Å². The van der Waals surface area contributed by atoms with E-state index in [0.717, 1.165) is 12.0 Å². The summed E-state index contributed by atoms with van der Waals surface area (Å²) in [7, 11) is 0. The second-order valence-corrected chi connectivity index (χ2v) is 4.95. The van der Waals surface area contributed by atoms with Crippen LogP contribution in [-0.4, -0.2) is 29.7 Å². The van der Waals surface area contributed by atoms with Crippen LogP contribution in [0.15, 0.2) is 30.3 Å². The molecule has 2 aliphatic heterocycles. The Kier molecular flexibility index (Phi) is 2.90. The number of hydrogen-bond acceptors (Lipinski definition) is 4. The van der Waals surface area contributed by atoms with Gasteiger partial charge in [-0.1, -0.05) is 37.3 Å². The molecule has 4 heteroatoms. The number of rotatable bonds is 2. The normalized spacial score (nSPS) is 43.1. The van der Waals surface area contributed by atoms with Crippen LogP contribution < -0.4 is 0 Å². The Morgan fingerprint density at radius 1 is 1.22 bits per heavy atom. The molecule has 0 aliphatic carbocycles. The van der Waals surface area contributed by atoms with Crippen LogP contribution in [0.1, 0.15) is 25.8 Å². The molecule has 0 radical (unpaired) electrons. The van der Waals surface area contributed by atoms with Gasteiger partial charge in [-0.05, 0) is 13.3 Å². The van der Waals surface area contributed by atoms with Crippen molar-refractivity contribution in [2.45, 2.75) is 50.7 Å². The fourth-order valence-electron chi connectivity index (χ4n) is 2.65. The van der Waals surface area contributed by atoms with Crippen molar-refractivity contribution in [3.05, 3.63) is 35.9 Å². The zero-order valence-corrected chi connectivity index (χ0v) is 10.6. The molecule has 0 aromatic heterocycles. The SMILES string of the molecule is CC[C@H]1O[C@@H]2OC(C)(c3ccccc3)O[C@@H]2[C@H]1O. The molecule has 1 aromatic carbocycles. The molecule has 2 fully saturated rings. The van der Waals surface area contributed by atoms with Crippen molar-refractivity contribution in [2.24, 2.45) is 0 Å². The Hall–Kier alpha value is -0.940. The van der Waals surface area contributed by atoms with Gasteiger partial charge in [0, 0.05) is 5.56 Å². The van der Waals surface area contributed by atoms with Crippen LogP contribution in [0.25, 0.3) is 0 Å². The highest BCUT2D eigenvalue weighted by molar-refractivity contribution is 5.21. The standard InChI is InChI=1S/C14H18O4/c1-3-10-11(15)12-13(16-10)18-14(2,17-12)9-7-5-4-6-8-9/h4-8,10-13,15H,3H2,1-2H3/t10-,11+,12-,13-,14?/m1/s1. The molecule has 0 bridgehead atoms. The lowest BCUT2D eigenvalue weighted by Crippen LogP contribution is -2.34. The summed E-state index contributed by atoms with van der Waals surface area (Å²) < 4.78 is 17.4. The highest BCUT2D eigenvalue weighted by Gasteiger charge is 2.55. The predicted molar refractivity (Wildman–Crippen MR) is 64.7 cm³/mol. The van der Waals surface area contributed by atoms with Crippen LogP contribution in [0, 0.1) is 0 Å². The average molecular weight is 250 g/mol. The van der Waals surface area contributed by atoms with Gasteiger partial charge in [0.25, 0.3) is 0 Å². The van der Waals surface area contributed by atoms with Crippen molar-refractivity contribution in [2.75, 3.05) is 0 Å². The van der Waals surface area contributed by atoms with E-state index >= 15 is 0 Å². The summed E-state index contributed by atoms with van der Waals surface area (Å²) in [6.45, 7) is 3.84. The molecule has 1 aromatic rings. The van der Waals surface area contributed by atoms with Crippen LogP contribution in [0.4, 0.5) is 0 Å². The van der Waals surface area contributed by atoms with E-state index in [2.05, 4.69) is 0 Å². The Morgan fingerprint density at radius 3 is 2.56 bits per heavy atom. The third-order valence-corrected chi connectivity index (χ3v) is 3.70. The molecule has 0 saturated carbocycles. The lowest BCUT2D eigenvalue weighted by molar-refractivity contribution is -0.231. The van der Waals surface area contributed by atoms with Gasteiger partial charge in [0.2, 0.25) is 0 Å². The molecule has 2 heterocycles. The van der Waals surface area contributed by atoms with Crippen molar-refractivity contribution >= 4 is 0 Å². The van der Waals surface area contributed by atoms with E-state index < -0.39 is 24.3 Å². The summed E-state index contributed by atoms with van der Waals surface area (Å²) >= 11 is 0. The topological polar surface area (TPSA) is 47.9 Å². The first-order chi connectivity index (χ1) is 8.64. The number of aliphatic hydroxyl groups is 1. The van der Waals surface area contributed by atoms with Crippen LogP contribution in [-0.2, 0) is 20.0 Å². The van der Waals surface area contributed by atoms with Crippen molar-refractivity contribution in [1.82, 2.24) is 0 Å². The van der Waals surface area contributed by atoms with Crippen molar-refractivity contribution in [3.63, 3.8) is 0 Å². The maximum Gasteiger partial charge on any atom is 0.195 e. The van der Waals surface area contributed by atoms with Crippen molar-refractivity contribution in [1.29, 1.82) is 0 Å². The summed E-state index contributed by atoms with van der Waals surface area (Å²) in [5, 5.41) is 10.1. The third kappa shape index (κ3) is 1.77. The zero-order chi connectivity index (χ0) is 12.8. The fourth-order valence-corrected chi connectivity index (χ4v) is 2.65. The van der Waals surface area contributed by atoms with Gasteiger partial charge in [0.1, 0.15) is 12.2 Å². The molecule has 0 spiro atoms. The van der Waals surface area contributed by atoms with Crippen LogP contribution in [0.3, 0.4) is 0 Å². The molecular weight excluding hydrogens is 232 g/mol. The number of hydrogen-bond donors (Lipinski definition) is 1. The van der Waals surface area contributed by atoms with Gasteiger partial charge in [-0.3, -0.25) is 0 Å². The second-order valence-electron chi connectivity index (χ2n) is 4.95. The molecule has 3 rings (SSSR count). The number of benzene rings is 1. The number of ether oxygens (including phenoxy) is 3. The first-order valence-corrected chi connectivity index (χ1v) is 6.39. The quantitative estimate of drug-likeness (QED) is 0.869. The highest BCUT2D eigenvalue weighted by atomic mass is 16.8. The molecule has 2 aliphatic rings. The molecule has 5 atom stereocenters. The van der Waals surface area contributed by atoms with Gasteiger partial charge >= 0.3 is 0 Å². The predicted octanol–water partition coefficient (Wildman–Crippen LogP) is 1.77. The van der Waals surface area contributed by atoms with Gasteiger partial charge in [-0.2, -0.15) is 0 Å². The van der Waals surface area contributed by atoms with Gasteiger partial charge in [0.15, 0.2) is 12.1 Å². The van der Waals surface area contributed by atoms with E-state index in [1.807, 2.05) is 44.2 Å². The number of aliphatic hydroxyl groups excluding tert-OH is 1.